The largest absolute Gasteiger partial charge is 0.490 e. The first-order valence-corrected chi connectivity index (χ1v) is 6.96. The minimum atomic E-state index is 0.510. The van der Waals surface area contributed by atoms with Crippen molar-refractivity contribution in [2.24, 2.45) is 0 Å². The first-order chi connectivity index (χ1) is 9.69. The zero-order chi connectivity index (χ0) is 14.4. The average Bonchev–Trinajstić information content (AvgIpc) is 2.47. The standard InChI is InChI=1S/C16H15Cl2NO/c1-2-9-20-14-6-3-12(4-7-14)11-19-16-10-13(17)5-8-15(16)18/h2-8,10,19H,1,9,11H2. The Morgan fingerprint density at radius 1 is 1.10 bits per heavy atom. The second-order valence-corrected chi connectivity index (χ2v) is 5.06. The molecule has 0 heterocycles. The number of hydrogen-bond donors (Lipinski definition) is 1. The monoisotopic (exact) mass is 307 g/mol. The minimum absolute atomic E-state index is 0.510. The molecule has 0 unspecified atom stereocenters. The maximum absolute atomic E-state index is 6.09. The van der Waals surface area contributed by atoms with Gasteiger partial charge in [0.15, 0.2) is 0 Å². The fourth-order valence-electron chi connectivity index (χ4n) is 1.69. The van der Waals surface area contributed by atoms with Crippen LogP contribution >= 0.6 is 23.2 Å². The van der Waals surface area contributed by atoms with Gasteiger partial charge in [-0.3, -0.25) is 0 Å². The molecule has 2 rings (SSSR count). The summed E-state index contributed by atoms with van der Waals surface area (Å²) in [7, 11) is 0. The molecular weight excluding hydrogens is 293 g/mol. The molecule has 104 valence electrons. The lowest BCUT2D eigenvalue weighted by Gasteiger charge is -2.09. The number of anilines is 1. The Morgan fingerprint density at radius 3 is 2.55 bits per heavy atom. The van der Waals surface area contributed by atoms with Gasteiger partial charge in [0, 0.05) is 11.6 Å². The fourth-order valence-corrected chi connectivity index (χ4v) is 2.05. The highest BCUT2D eigenvalue weighted by molar-refractivity contribution is 6.35. The van der Waals surface area contributed by atoms with Gasteiger partial charge in [0.05, 0.1) is 10.7 Å². The van der Waals surface area contributed by atoms with Gasteiger partial charge < -0.3 is 10.1 Å². The summed E-state index contributed by atoms with van der Waals surface area (Å²) in [4.78, 5) is 0. The van der Waals surface area contributed by atoms with Crippen LogP contribution in [0.4, 0.5) is 5.69 Å². The van der Waals surface area contributed by atoms with Crippen LogP contribution in [0.2, 0.25) is 10.0 Å². The van der Waals surface area contributed by atoms with Crippen LogP contribution in [0, 0.1) is 0 Å². The van der Waals surface area contributed by atoms with Crippen molar-refractivity contribution in [2.75, 3.05) is 11.9 Å². The molecular formula is C16H15Cl2NO. The highest BCUT2D eigenvalue weighted by Gasteiger charge is 2.01. The lowest BCUT2D eigenvalue weighted by Crippen LogP contribution is -2.00. The first kappa shape index (κ1) is 14.8. The van der Waals surface area contributed by atoms with Crippen LogP contribution in [0.5, 0.6) is 5.75 Å². The summed E-state index contributed by atoms with van der Waals surface area (Å²) in [5.74, 6) is 0.828. The van der Waals surface area contributed by atoms with E-state index in [4.69, 9.17) is 27.9 Å². The van der Waals surface area contributed by atoms with Gasteiger partial charge in [0.25, 0.3) is 0 Å². The predicted octanol–water partition coefficient (Wildman–Crippen LogP) is 5.17. The summed E-state index contributed by atoms with van der Waals surface area (Å²) in [5, 5.41) is 4.57. The molecule has 4 heteroatoms. The van der Waals surface area contributed by atoms with Crippen molar-refractivity contribution in [1.29, 1.82) is 0 Å². The summed E-state index contributed by atoms with van der Waals surface area (Å²) < 4.78 is 5.43. The van der Waals surface area contributed by atoms with Crippen LogP contribution in [-0.2, 0) is 6.54 Å². The number of ether oxygens (including phenoxy) is 1. The zero-order valence-corrected chi connectivity index (χ0v) is 12.4. The van der Waals surface area contributed by atoms with Crippen molar-refractivity contribution in [3.8, 4) is 5.75 Å². The molecule has 0 radical (unpaired) electrons. The second kappa shape index (κ2) is 7.22. The summed E-state index contributed by atoms with van der Waals surface area (Å²) in [6.07, 6.45) is 1.72. The highest BCUT2D eigenvalue weighted by Crippen LogP contribution is 2.26. The van der Waals surface area contributed by atoms with Gasteiger partial charge >= 0.3 is 0 Å². The van der Waals surface area contributed by atoms with Crippen LogP contribution in [0.3, 0.4) is 0 Å². The highest BCUT2D eigenvalue weighted by atomic mass is 35.5. The Morgan fingerprint density at radius 2 is 1.85 bits per heavy atom. The van der Waals surface area contributed by atoms with Gasteiger partial charge in [-0.1, -0.05) is 48.0 Å². The van der Waals surface area contributed by atoms with E-state index in [1.54, 1.807) is 18.2 Å². The van der Waals surface area contributed by atoms with E-state index in [2.05, 4.69) is 11.9 Å². The molecule has 2 aromatic rings. The third kappa shape index (κ3) is 4.19. The molecule has 0 amide bonds. The van der Waals surface area contributed by atoms with Gasteiger partial charge in [-0.25, -0.2) is 0 Å². The van der Waals surface area contributed by atoms with Crippen LogP contribution in [0.1, 0.15) is 5.56 Å². The maximum Gasteiger partial charge on any atom is 0.119 e. The van der Waals surface area contributed by atoms with E-state index in [1.807, 2.05) is 30.3 Å². The third-order valence-electron chi connectivity index (χ3n) is 2.70. The third-order valence-corrected chi connectivity index (χ3v) is 3.27. The molecule has 0 saturated heterocycles. The molecule has 1 N–H and O–H groups in total. The fraction of sp³-hybridized carbons (Fsp3) is 0.125. The topological polar surface area (TPSA) is 21.3 Å². The van der Waals surface area contributed by atoms with Crippen molar-refractivity contribution in [3.63, 3.8) is 0 Å². The molecule has 0 bridgehead atoms. The van der Waals surface area contributed by atoms with Crippen LogP contribution < -0.4 is 10.1 Å². The smallest absolute Gasteiger partial charge is 0.119 e. The molecule has 0 aromatic heterocycles. The average molecular weight is 308 g/mol. The minimum Gasteiger partial charge on any atom is -0.490 e. The molecule has 0 atom stereocenters. The summed E-state index contributed by atoms with van der Waals surface area (Å²) in [5.41, 5.74) is 1.96. The Hall–Kier alpha value is -1.64. The SMILES string of the molecule is C=CCOc1ccc(CNc2cc(Cl)ccc2Cl)cc1. The zero-order valence-electron chi connectivity index (χ0n) is 10.9. The van der Waals surface area contributed by atoms with Gasteiger partial charge in [0.1, 0.15) is 12.4 Å². The molecule has 0 aliphatic carbocycles. The number of rotatable bonds is 6. The maximum atomic E-state index is 6.09. The van der Waals surface area contributed by atoms with E-state index in [9.17, 15) is 0 Å². The number of halogens is 2. The van der Waals surface area contributed by atoms with Gasteiger partial charge in [0.2, 0.25) is 0 Å². The summed E-state index contributed by atoms with van der Waals surface area (Å²) in [6, 6.07) is 13.2. The van der Waals surface area contributed by atoms with Gasteiger partial charge in [-0.15, -0.1) is 0 Å². The van der Waals surface area contributed by atoms with Crippen molar-refractivity contribution < 1.29 is 4.74 Å². The molecule has 0 fully saturated rings. The Kier molecular flexibility index (Phi) is 5.33. The van der Waals surface area contributed by atoms with Crippen LogP contribution in [-0.4, -0.2) is 6.61 Å². The number of hydrogen-bond acceptors (Lipinski definition) is 2. The van der Waals surface area contributed by atoms with E-state index in [-0.39, 0.29) is 0 Å². The Labute approximate surface area is 129 Å². The Bertz CT molecular complexity index is 582. The summed E-state index contributed by atoms with van der Waals surface area (Å²) >= 11 is 12.0. The molecule has 2 nitrogen and oxygen atoms in total. The Balaban J connectivity index is 1.96. The predicted molar refractivity (Wildman–Crippen MR) is 85.9 cm³/mol. The normalized spacial score (nSPS) is 10.1. The molecule has 0 saturated carbocycles. The lowest BCUT2D eigenvalue weighted by molar-refractivity contribution is 0.363. The van der Waals surface area contributed by atoms with E-state index in [1.165, 1.54) is 0 Å². The lowest BCUT2D eigenvalue weighted by atomic mass is 10.2. The molecule has 0 aliphatic heterocycles. The first-order valence-electron chi connectivity index (χ1n) is 6.20. The van der Waals surface area contributed by atoms with Crippen molar-refractivity contribution in [2.45, 2.75) is 6.54 Å². The van der Waals surface area contributed by atoms with E-state index in [0.29, 0.717) is 23.2 Å². The van der Waals surface area contributed by atoms with Crippen LogP contribution in [0.25, 0.3) is 0 Å². The van der Waals surface area contributed by atoms with E-state index >= 15 is 0 Å². The summed E-state index contributed by atoms with van der Waals surface area (Å²) in [6.45, 7) is 4.79. The quantitative estimate of drug-likeness (QED) is 0.743. The number of nitrogens with one attached hydrogen (secondary N) is 1. The molecule has 0 aliphatic rings. The van der Waals surface area contributed by atoms with Crippen LogP contribution in [0.15, 0.2) is 55.1 Å². The van der Waals surface area contributed by atoms with Crippen molar-refractivity contribution >= 4 is 28.9 Å². The molecule has 20 heavy (non-hydrogen) atoms. The molecule has 2 aromatic carbocycles. The van der Waals surface area contributed by atoms with Gasteiger partial charge in [-0.05, 0) is 35.9 Å². The van der Waals surface area contributed by atoms with Gasteiger partial charge in [-0.2, -0.15) is 0 Å². The van der Waals surface area contributed by atoms with E-state index in [0.717, 1.165) is 17.0 Å². The molecule has 0 spiro atoms. The van der Waals surface area contributed by atoms with Crippen molar-refractivity contribution in [3.05, 3.63) is 70.7 Å². The van der Waals surface area contributed by atoms with E-state index < -0.39 is 0 Å². The number of benzene rings is 2. The van der Waals surface area contributed by atoms with Crippen molar-refractivity contribution in [1.82, 2.24) is 0 Å². The second-order valence-electron chi connectivity index (χ2n) is 4.22.